The van der Waals surface area contributed by atoms with E-state index in [2.05, 4.69) is 16.5 Å². The number of carbonyl (C=O) groups is 1. The van der Waals surface area contributed by atoms with Crippen molar-refractivity contribution < 1.29 is 9.53 Å². The third-order valence-corrected chi connectivity index (χ3v) is 4.45. The lowest BCUT2D eigenvalue weighted by Gasteiger charge is -2.21. The van der Waals surface area contributed by atoms with Gasteiger partial charge in [-0.2, -0.15) is 0 Å². The molecule has 1 aliphatic carbocycles. The van der Waals surface area contributed by atoms with Gasteiger partial charge in [-0.15, -0.1) is 0 Å². The number of fused-ring (bicyclic) bond motifs is 1. The molecule has 2 aromatic heterocycles. The summed E-state index contributed by atoms with van der Waals surface area (Å²) in [5.74, 6) is 0.697. The maximum Gasteiger partial charge on any atom is 0.316 e. The van der Waals surface area contributed by atoms with Gasteiger partial charge in [-0.1, -0.05) is 12.8 Å². The SMILES string of the molecule is CCn1c(C(C(=O)OC)C2CCCC2)nc2cccnc21. The van der Waals surface area contributed by atoms with Gasteiger partial charge in [0, 0.05) is 12.7 Å². The standard InChI is InChI=1S/C16H21N3O2/c1-3-19-14-12(9-6-10-17-14)18-15(19)13(16(20)21-2)11-7-4-5-8-11/h6,9-11,13H,3-5,7-8H2,1-2H3. The van der Waals surface area contributed by atoms with Crippen LogP contribution >= 0.6 is 0 Å². The Hall–Kier alpha value is -1.91. The maximum absolute atomic E-state index is 12.3. The zero-order chi connectivity index (χ0) is 14.8. The molecule has 1 fully saturated rings. The third kappa shape index (κ3) is 2.41. The molecule has 0 saturated heterocycles. The summed E-state index contributed by atoms with van der Waals surface area (Å²) in [5, 5.41) is 0. The van der Waals surface area contributed by atoms with E-state index in [9.17, 15) is 4.79 Å². The minimum absolute atomic E-state index is 0.174. The number of imidazole rings is 1. The van der Waals surface area contributed by atoms with Crippen molar-refractivity contribution in [1.29, 1.82) is 0 Å². The highest BCUT2D eigenvalue weighted by molar-refractivity contribution is 5.80. The first-order valence-electron chi connectivity index (χ1n) is 7.65. The normalized spacial score (nSPS) is 17.2. The van der Waals surface area contributed by atoms with Gasteiger partial charge in [-0.05, 0) is 37.8 Å². The van der Waals surface area contributed by atoms with Crippen LogP contribution in [0.5, 0.6) is 0 Å². The van der Waals surface area contributed by atoms with E-state index in [-0.39, 0.29) is 11.9 Å². The van der Waals surface area contributed by atoms with Crippen LogP contribution in [0.15, 0.2) is 18.3 Å². The second kappa shape index (κ2) is 5.84. The van der Waals surface area contributed by atoms with E-state index in [1.54, 1.807) is 6.20 Å². The average Bonchev–Trinajstić information content (AvgIpc) is 3.14. The molecule has 0 bridgehead atoms. The van der Waals surface area contributed by atoms with Crippen LogP contribution in [0.3, 0.4) is 0 Å². The van der Waals surface area contributed by atoms with E-state index in [1.807, 2.05) is 12.1 Å². The number of carbonyl (C=O) groups excluding carboxylic acids is 1. The molecule has 1 saturated carbocycles. The maximum atomic E-state index is 12.3. The first-order valence-corrected chi connectivity index (χ1v) is 7.65. The van der Waals surface area contributed by atoms with Gasteiger partial charge in [-0.3, -0.25) is 4.79 Å². The Labute approximate surface area is 124 Å². The van der Waals surface area contributed by atoms with E-state index in [4.69, 9.17) is 9.72 Å². The number of hydrogen-bond acceptors (Lipinski definition) is 4. The van der Waals surface area contributed by atoms with Crippen molar-refractivity contribution in [2.24, 2.45) is 5.92 Å². The molecule has 1 aliphatic rings. The molecule has 112 valence electrons. The fraction of sp³-hybridized carbons (Fsp3) is 0.562. The van der Waals surface area contributed by atoms with Crippen LogP contribution in [0.25, 0.3) is 11.2 Å². The third-order valence-electron chi connectivity index (χ3n) is 4.45. The molecular weight excluding hydrogens is 266 g/mol. The summed E-state index contributed by atoms with van der Waals surface area (Å²) in [6.07, 6.45) is 6.27. The van der Waals surface area contributed by atoms with Gasteiger partial charge in [0.2, 0.25) is 0 Å². The highest BCUT2D eigenvalue weighted by atomic mass is 16.5. The highest BCUT2D eigenvalue weighted by Gasteiger charge is 2.36. The molecule has 0 amide bonds. The van der Waals surface area contributed by atoms with Crippen LogP contribution < -0.4 is 0 Å². The molecule has 0 N–H and O–H groups in total. The zero-order valence-corrected chi connectivity index (χ0v) is 12.6. The largest absolute Gasteiger partial charge is 0.468 e. The Balaban J connectivity index is 2.11. The zero-order valence-electron chi connectivity index (χ0n) is 12.6. The van der Waals surface area contributed by atoms with Crippen molar-refractivity contribution in [2.75, 3.05) is 7.11 Å². The van der Waals surface area contributed by atoms with E-state index in [0.717, 1.165) is 36.4 Å². The predicted molar refractivity (Wildman–Crippen MR) is 79.9 cm³/mol. The topological polar surface area (TPSA) is 57.0 Å². The number of rotatable bonds is 4. The van der Waals surface area contributed by atoms with Crippen molar-refractivity contribution in [3.8, 4) is 0 Å². The molecule has 2 heterocycles. The van der Waals surface area contributed by atoms with E-state index in [0.29, 0.717) is 5.92 Å². The molecule has 0 aromatic carbocycles. The Morgan fingerprint density at radius 3 is 2.90 bits per heavy atom. The molecule has 1 unspecified atom stereocenters. The number of aromatic nitrogens is 3. The van der Waals surface area contributed by atoms with Crippen LogP contribution in [0.2, 0.25) is 0 Å². The van der Waals surface area contributed by atoms with Gasteiger partial charge in [0.1, 0.15) is 17.3 Å². The van der Waals surface area contributed by atoms with E-state index in [1.165, 1.54) is 20.0 Å². The van der Waals surface area contributed by atoms with Crippen molar-refractivity contribution in [1.82, 2.24) is 14.5 Å². The molecule has 3 rings (SSSR count). The molecule has 1 atom stereocenters. The lowest BCUT2D eigenvalue weighted by atomic mass is 9.90. The summed E-state index contributed by atoms with van der Waals surface area (Å²) in [4.78, 5) is 21.5. The molecule has 0 radical (unpaired) electrons. The van der Waals surface area contributed by atoms with Gasteiger partial charge < -0.3 is 9.30 Å². The van der Waals surface area contributed by atoms with Crippen LogP contribution in [-0.2, 0) is 16.1 Å². The Bertz CT molecular complexity index is 644. The second-order valence-electron chi connectivity index (χ2n) is 5.61. The monoisotopic (exact) mass is 287 g/mol. The van der Waals surface area contributed by atoms with Crippen molar-refractivity contribution in [2.45, 2.75) is 45.1 Å². The first-order chi connectivity index (χ1) is 10.3. The predicted octanol–water partition coefficient (Wildman–Crippen LogP) is 2.90. The Morgan fingerprint density at radius 2 is 2.24 bits per heavy atom. The number of pyridine rings is 1. The number of hydrogen-bond donors (Lipinski definition) is 0. The highest BCUT2D eigenvalue weighted by Crippen LogP contribution is 2.38. The summed E-state index contributed by atoms with van der Waals surface area (Å²) in [6.45, 7) is 2.81. The van der Waals surface area contributed by atoms with E-state index < -0.39 is 0 Å². The number of esters is 1. The molecule has 0 aliphatic heterocycles. The number of aryl methyl sites for hydroxylation is 1. The molecule has 21 heavy (non-hydrogen) atoms. The summed E-state index contributed by atoms with van der Waals surface area (Å²) in [7, 11) is 1.46. The molecule has 0 spiro atoms. The molecule has 2 aromatic rings. The van der Waals surface area contributed by atoms with Crippen molar-refractivity contribution in [3.63, 3.8) is 0 Å². The fourth-order valence-corrected chi connectivity index (χ4v) is 3.45. The minimum atomic E-state index is -0.272. The molecule has 5 nitrogen and oxygen atoms in total. The Kier molecular flexibility index (Phi) is 3.90. The average molecular weight is 287 g/mol. The molecular formula is C16H21N3O2. The second-order valence-corrected chi connectivity index (χ2v) is 5.61. The van der Waals surface area contributed by atoms with Gasteiger partial charge in [0.05, 0.1) is 7.11 Å². The minimum Gasteiger partial charge on any atom is -0.468 e. The van der Waals surface area contributed by atoms with Gasteiger partial charge in [0.25, 0.3) is 0 Å². The number of ether oxygens (including phenoxy) is 1. The number of methoxy groups -OCH3 is 1. The van der Waals surface area contributed by atoms with Crippen LogP contribution in [0, 0.1) is 5.92 Å². The smallest absolute Gasteiger partial charge is 0.316 e. The summed E-state index contributed by atoms with van der Waals surface area (Å²) in [5.41, 5.74) is 1.70. The van der Waals surface area contributed by atoms with Crippen LogP contribution in [0.1, 0.15) is 44.3 Å². The first kappa shape index (κ1) is 14.0. The quantitative estimate of drug-likeness (QED) is 0.811. The van der Waals surface area contributed by atoms with Crippen LogP contribution in [-0.4, -0.2) is 27.6 Å². The summed E-state index contributed by atoms with van der Waals surface area (Å²) >= 11 is 0. The molecule has 5 heteroatoms. The van der Waals surface area contributed by atoms with Crippen molar-refractivity contribution in [3.05, 3.63) is 24.2 Å². The fourth-order valence-electron chi connectivity index (χ4n) is 3.45. The summed E-state index contributed by atoms with van der Waals surface area (Å²) < 4.78 is 7.11. The lowest BCUT2D eigenvalue weighted by molar-refractivity contribution is -0.144. The summed E-state index contributed by atoms with van der Waals surface area (Å²) in [6, 6.07) is 3.82. The van der Waals surface area contributed by atoms with Crippen LogP contribution in [0.4, 0.5) is 0 Å². The van der Waals surface area contributed by atoms with Gasteiger partial charge in [-0.25, -0.2) is 9.97 Å². The van der Waals surface area contributed by atoms with E-state index >= 15 is 0 Å². The Morgan fingerprint density at radius 1 is 1.48 bits per heavy atom. The number of nitrogens with zero attached hydrogens (tertiary/aromatic N) is 3. The van der Waals surface area contributed by atoms with Gasteiger partial charge in [0.15, 0.2) is 5.65 Å². The van der Waals surface area contributed by atoms with Crippen molar-refractivity contribution >= 4 is 17.1 Å². The lowest BCUT2D eigenvalue weighted by Crippen LogP contribution is -2.25. The van der Waals surface area contributed by atoms with Gasteiger partial charge >= 0.3 is 5.97 Å².